The Bertz CT molecular complexity index is 1090. The molecule has 2 aromatic rings. The molecule has 0 aliphatic carbocycles. The van der Waals surface area contributed by atoms with Crippen LogP contribution in [0.15, 0.2) is 16.1 Å². The van der Waals surface area contributed by atoms with Gasteiger partial charge < -0.3 is 18.7 Å². The maximum absolute atomic E-state index is 12.4. The highest BCUT2D eigenvalue weighted by atomic mass is 31.2. The first-order valence-electron chi connectivity index (χ1n) is 11.7. The van der Waals surface area contributed by atoms with Crippen molar-refractivity contribution in [2.45, 2.75) is 71.4 Å². The molecule has 35 heavy (non-hydrogen) atoms. The van der Waals surface area contributed by atoms with Crippen molar-refractivity contribution in [1.82, 2.24) is 29.1 Å². The van der Waals surface area contributed by atoms with E-state index in [0.717, 1.165) is 12.8 Å². The first-order chi connectivity index (χ1) is 16.7. The predicted molar refractivity (Wildman–Crippen MR) is 134 cm³/mol. The average molecular weight is 507 g/mol. The summed E-state index contributed by atoms with van der Waals surface area (Å²) in [5, 5.41) is 8.88. The molecule has 0 amide bonds. The van der Waals surface area contributed by atoms with Crippen LogP contribution in [0, 0.1) is 11.3 Å². The lowest BCUT2D eigenvalue weighted by atomic mass is 10.2. The van der Waals surface area contributed by atoms with Crippen molar-refractivity contribution in [1.29, 1.82) is 5.26 Å². The predicted octanol–water partition coefficient (Wildman–Crippen LogP) is 3.31. The summed E-state index contributed by atoms with van der Waals surface area (Å²) in [4.78, 5) is 29.7. The van der Waals surface area contributed by atoms with Crippen molar-refractivity contribution in [3.63, 3.8) is 0 Å². The fourth-order valence-corrected chi connectivity index (χ4v) is 5.47. The van der Waals surface area contributed by atoms with E-state index in [1.54, 1.807) is 22.1 Å². The highest BCUT2D eigenvalue weighted by Gasteiger charge is 2.32. The van der Waals surface area contributed by atoms with Gasteiger partial charge in [0.2, 0.25) is 5.95 Å². The van der Waals surface area contributed by atoms with E-state index >= 15 is 0 Å². The zero-order valence-electron chi connectivity index (χ0n) is 21.2. The molecule has 1 aliphatic rings. The van der Waals surface area contributed by atoms with Gasteiger partial charge >= 0.3 is 0 Å². The number of aromatic amines is 1. The van der Waals surface area contributed by atoms with E-state index in [9.17, 15) is 4.79 Å². The first-order valence-corrected chi connectivity index (χ1v) is 12.9. The SMILES string of the molecule is CC(C)N(C(C)C)P(OCCC#N)OC[C@@H]1CC[C@H](n2cnc3c(=O)[nH]c(N=CN(C)C)nc32)O1. The Morgan fingerprint density at radius 2 is 2.09 bits per heavy atom. The Balaban J connectivity index is 1.70. The van der Waals surface area contributed by atoms with Crippen molar-refractivity contribution in [2.75, 3.05) is 27.3 Å². The van der Waals surface area contributed by atoms with E-state index in [1.807, 2.05) is 14.1 Å². The van der Waals surface area contributed by atoms with Crippen molar-refractivity contribution in [2.24, 2.45) is 4.99 Å². The third kappa shape index (κ3) is 7.06. The average Bonchev–Trinajstić information content (AvgIpc) is 3.42. The number of hydrogen-bond donors (Lipinski definition) is 1. The van der Waals surface area contributed by atoms with Crippen LogP contribution in [0.25, 0.3) is 11.2 Å². The van der Waals surface area contributed by atoms with Crippen LogP contribution in [0.4, 0.5) is 5.95 Å². The van der Waals surface area contributed by atoms with E-state index in [2.05, 4.69) is 58.4 Å². The van der Waals surface area contributed by atoms with Crippen LogP contribution in [0.5, 0.6) is 0 Å². The number of hydrogen-bond acceptors (Lipinski definition) is 9. The molecule has 12 nitrogen and oxygen atoms in total. The summed E-state index contributed by atoms with van der Waals surface area (Å²) in [6.07, 6.45) is 4.52. The number of rotatable bonds is 12. The van der Waals surface area contributed by atoms with Crippen molar-refractivity contribution in [3.8, 4) is 6.07 Å². The molecule has 1 fully saturated rings. The highest BCUT2D eigenvalue weighted by molar-refractivity contribution is 7.44. The Morgan fingerprint density at radius 1 is 1.34 bits per heavy atom. The molecule has 1 N–H and O–H groups in total. The van der Waals surface area contributed by atoms with Gasteiger partial charge in [0.15, 0.2) is 11.2 Å². The molecule has 2 aromatic heterocycles. The van der Waals surface area contributed by atoms with Crippen LogP contribution in [0.3, 0.4) is 0 Å². The maximum Gasteiger partial charge on any atom is 0.280 e. The van der Waals surface area contributed by atoms with Crippen molar-refractivity contribution >= 4 is 32.0 Å². The van der Waals surface area contributed by atoms with Crippen LogP contribution in [0.2, 0.25) is 0 Å². The van der Waals surface area contributed by atoms with Crippen LogP contribution >= 0.6 is 8.53 Å². The third-order valence-electron chi connectivity index (χ3n) is 5.26. The molecule has 13 heteroatoms. The smallest absolute Gasteiger partial charge is 0.280 e. The minimum Gasteiger partial charge on any atom is -0.369 e. The van der Waals surface area contributed by atoms with Gasteiger partial charge in [0.25, 0.3) is 14.1 Å². The Kier molecular flexibility index (Phi) is 9.71. The van der Waals surface area contributed by atoms with Crippen LogP contribution in [-0.2, 0) is 13.8 Å². The number of imidazole rings is 1. The monoisotopic (exact) mass is 506 g/mol. The summed E-state index contributed by atoms with van der Waals surface area (Å²) in [5.74, 6) is 0.207. The number of nitriles is 1. The number of H-pyrrole nitrogens is 1. The number of nitrogens with zero attached hydrogens (tertiary/aromatic N) is 7. The Morgan fingerprint density at radius 3 is 2.74 bits per heavy atom. The van der Waals surface area contributed by atoms with E-state index in [-0.39, 0.29) is 41.4 Å². The molecular weight excluding hydrogens is 471 g/mol. The molecule has 3 heterocycles. The summed E-state index contributed by atoms with van der Waals surface area (Å²) in [7, 11) is 2.34. The van der Waals surface area contributed by atoms with Crippen molar-refractivity contribution < 1.29 is 13.8 Å². The first kappa shape index (κ1) is 27.2. The van der Waals surface area contributed by atoms with E-state index in [1.165, 1.54) is 0 Å². The third-order valence-corrected chi connectivity index (χ3v) is 7.33. The summed E-state index contributed by atoms with van der Waals surface area (Å²) >= 11 is 0. The topological polar surface area (TPSA) is 134 Å². The Labute approximate surface area is 206 Å². The van der Waals surface area contributed by atoms with Gasteiger partial charge in [-0.15, -0.1) is 0 Å². The minimum absolute atomic E-state index is 0.142. The van der Waals surface area contributed by atoms with Gasteiger partial charge in [-0.1, -0.05) is 0 Å². The van der Waals surface area contributed by atoms with Gasteiger partial charge in [0, 0.05) is 26.2 Å². The number of aromatic nitrogens is 4. The second-order valence-corrected chi connectivity index (χ2v) is 10.5. The molecule has 1 unspecified atom stereocenters. The standard InChI is InChI=1S/C22H35N8O4P/c1-15(2)30(16(3)4)35(32-11-7-10-23)33-12-17-8-9-18(34-17)29-14-24-19-20(29)26-22(27-21(19)31)25-13-28(5)6/h13-18H,7-9,11-12H2,1-6H3,(H,26,27,31)/t17-,18+,35?/m0/s1. The molecule has 192 valence electrons. The lowest BCUT2D eigenvalue weighted by molar-refractivity contribution is -0.0186. The Hall–Kier alpha value is -2.42. The molecule has 0 radical (unpaired) electrons. The lowest BCUT2D eigenvalue weighted by Gasteiger charge is -2.36. The molecule has 1 saturated heterocycles. The molecule has 3 atom stereocenters. The van der Waals surface area contributed by atoms with E-state index < -0.39 is 8.53 Å². The second kappa shape index (κ2) is 12.5. The molecule has 0 aromatic carbocycles. The fourth-order valence-electron chi connectivity index (χ4n) is 3.83. The van der Waals surface area contributed by atoms with Gasteiger partial charge in [-0.3, -0.25) is 14.3 Å². The molecule has 1 aliphatic heterocycles. The summed E-state index contributed by atoms with van der Waals surface area (Å²) in [6.45, 7) is 9.10. The number of nitrogens with one attached hydrogen (secondary N) is 1. The highest BCUT2D eigenvalue weighted by Crippen LogP contribution is 2.46. The van der Waals surface area contributed by atoms with E-state index in [4.69, 9.17) is 19.0 Å². The van der Waals surface area contributed by atoms with Gasteiger partial charge in [0.1, 0.15) is 6.23 Å². The second-order valence-electron chi connectivity index (χ2n) is 9.05. The molecular formula is C22H35N8O4P. The molecule has 3 rings (SSSR count). The molecule has 0 spiro atoms. The van der Waals surface area contributed by atoms with Gasteiger partial charge in [-0.05, 0) is 40.5 Å². The number of aliphatic imine (C=N–C) groups is 1. The zero-order chi connectivity index (χ0) is 25.5. The molecule has 0 bridgehead atoms. The summed E-state index contributed by atoms with van der Waals surface area (Å²) < 4.78 is 22.4. The largest absolute Gasteiger partial charge is 0.369 e. The van der Waals surface area contributed by atoms with Crippen LogP contribution in [-0.4, -0.2) is 80.9 Å². The van der Waals surface area contributed by atoms with Gasteiger partial charge in [-0.25, -0.2) is 14.6 Å². The molecule has 0 saturated carbocycles. The van der Waals surface area contributed by atoms with Crippen LogP contribution in [0.1, 0.15) is 53.2 Å². The number of ether oxygens (including phenoxy) is 1. The quantitative estimate of drug-likeness (QED) is 0.199. The summed E-state index contributed by atoms with van der Waals surface area (Å²) in [5.41, 5.74) is 0.329. The van der Waals surface area contributed by atoms with Crippen molar-refractivity contribution in [3.05, 3.63) is 16.7 Å². The van der Waals surface area contributed by atoms with Gasteiger partial charge in [0.05, 0.1) is 44.5 Å². The minimum atomic E-state index is -1.33. The maximum atomic E-state index is 12.4. The van der Waals surface area contributed by atoms with Gasteiger partial charge in [-0.2, -0.15) is 10.2 Å². The van der Waals surface area contributed by atoms with Crippen LogP contribution < -0.4 is 5.56 Å². The normalized spacial score (nSPS) is 19.4. The lowest BCUT2D eigenvalue weighted by Crippen LogP contribution is -2.34. The fraction of sp³-hybridized carbons (Fsp3) is 0.682. The summed E-state index contributed by atoms with van der Waals surface area (Å²) in [6, 6.07) is 2.57. The number of fused-ring (bicyclic) bond motifs is 1. The zero-order valence-corrected chi connectivity index (χ0v) is 22.1. The van der Waals surface area contributed by atoms with E-state index in [0.29, 0.717) is 25.3 Å².